The molecule has 3 saturated heterocycles. The summed E-state index contributed by atoms with van der Waals surface area (Å²) in [5, 5.41) is 22.7. The van der Waals surface area contributed by atoms with Gasteiger partial charge in [0.25, 0.3) is 6.01 Å². The number of amides is 1. The fourth-order valence-corrected chi connectivity index (χ4v) is 5.43. The second kappa shape index (κ2) is 5.85. The minimum atomic E-state index is -0.878. The lowest BCUT2D eigenvalue weighted by Gasteiger charge is -2.67. The van der Waals surface area contributed by atoms with Gasteiger partial charge in [0.15, 0.2) is 11.1 Å². The summed E-state index contributed by atoms with van der Waals surface area (Å²) < 4.78 is 6.12. The SMILES string of the molecule is CC(C)(C)C12CC(CN(c3nc4c(O)ccc(-c5nccs5)c4o3)C1)N2C(=O)O. The summed E-state index contributed by atoms with van der Waals surface area (Å²) in [7, 11) is 0. The molecule has 2 atom stereocenters. The van der Waals surface area contributed by atoms with E-state index in [1.807, 2.05) is 10.3 Å². The Hall–Kier alpha value is -2.81. The number of benzene rings is 1. The lowest BCUT2D eigenvalue weighted by molar-refractivity contribution is -0.125. The van der Waals surface area contributed by atoms with Gasteiger partial charge in [-0.1, -0.05) is 20.8 Å². The van der Waals surface area contributed by atoms with Crippen LogP contribution in [0, 0.1) is 5.41 Å². The zero-order valence-corrected chi connectivity index (χ0v) is 17.2. The summed E-state index contributed by atoms with van der Waals surface area (Å²) in [6.45, 7) is 7.23. The van der Waals surface area contributed by atoms with Crippen LogP contribution in [0.5, 0.6) is 5.75 Å². The number of aromatic nitrogens is 2. The van der Waals surface area contributed by atoms with Crippen molar-refractivity contribution in [1.29, 1.82) is 0 Å². The minimum Gasteiger partial charge on any atom is -0.506 e. The van der Waals surface area contributed by atoms with Crippen LogP contribution in [0.15, 0.2) is 28.1 Å². The molecule has 2 N–H and O–H groups in total. The third kappa shape index (κ3) is 2.46. The Labute approximate surface area is 171 Å². The number of phenols is 1. The topological polar surface area (TPSA) is 103 Å². The van der Waals surface area contributed by atoms with Gasteiger partial charge in [-0.3, -0.25) is 4.90 Å². The van der Waals surface area contributed by atoms with Crippen LogP contribution in [-0.2, 0) is 0 Å². The quantitative estimate of drug-likeness (QED) is 0.653. The maximum Gasteiger partial charge on any atom is 0.408 e. The fourth-order valence-electron chi connectivity index (χ4n) is 4.77. The fraction of sp³-hybridized carbons (Fsp3) is 0.450. The average molecular weight is 414 g/mol. The lowest BCUT2D eigenvalue weighted by Crippen LogP contribution is -2.82. The van der Waals surface area contributed by atoms with Gasteiger partial charge in [0.1, 0.15) is 10.8 Å². The van der Waals surface area contributed by atoms with E-state index in [-0.39, 0.29) is 17.2 Å². The Bertz CT molecular complexity index is 1100. The first-order valence-corrected chi connectivity index (χ1v) is 10.4. The first kappa shape index (κ1) is 18.2. The third-order valence-corrected chi connectivity index (χ3v) is 7.14. The summed E-state index contributed by atoms with van der Waals surface area (Å²) >= 11 is 1.49. The largest absolute Gasteiger partial charge is 0.506 e. The van der Waals surface area contributed by atoms with Crippen LogP contribution in [0.4, 0.5) is 10.8 Å². The molecule has 3 aromatic rings. The standard InChI is InChI=1S/C20H22N4O4S/c1-19(2,3)20-8-11(24(20)18(26)27)9-23(10-20)17-22-14-13(25)5-4-12(15(14)28-17)16-21-6-7-29-16/h4-7,11,25H,8-10H2,1-3H3,(H,26,27). The van der Waals surface area contributed by atoms with Gasteiger partial charge in [-0.2, -0.15) is 4.98 Å². The predicted molar refractivity (Wildman–Crippen MR) is 109 cm³/mol. The van der Waals surface area contributed by atoms with E-state index in [2.05, 4.69) is 30.7 Å². The monoisotopic (exact) mass is 414 g/mol. The molecule has 2 unspecified atom stereocenters. The van der Waals surface area contributed by atoms with Crippen molar-refractivity contribution >= 4 is 34.5 Å². The second-order valence-electron chi connectivity index (χ2n) is 8.82. The van der Waals surface area contributed by atoms with Gasteiger partial charge < -0.3 is 19.5 Å². The number of anilines is 1. The van der Waals surface area contributed by atoms with Gasteiger partial charge in [-0.05, 0) is 24.0 Å². The summed E-state index contributed by atoms with van der Waals surface area (Å²) in [6.07, 6.45) is 1.67. The normalized spacial score (nSPS) is 24.0. The van der Waals surface area contributed by atoms with Crippen LogP contribution in [0.1, 0.15) is 27.2 Å². The molecule has 3 aliphatic rings. The van der Waals surface area contributed by atoms with Crippen molar-refractivity contribution in [3.05, 3.63) is 23.7 Å². The van der Waals surface area contributed by atoms with E-state index in [1.54, 1.807) is 23.2 Å². The van der Waals surface area contributed by atoms with Crippen LogP contribution < -0.4 is 4.90 Å². The lowest BCUT2D eigenvalue weighted by atomic mass is 9.60. The number of piperazine rings is 1. The number of rotatable bonds is 2. The van der Waals surface area contributed by atoms with E-state index in [0.29, 0.717) is 30.2 Å². The van der Waals surface area contributed by atoms with Crippen molar-refractivity contribution in [3.8, 4) is 16.3 Å². The van der Waals surface area contributed by atoms with Gasteiger partial charge in [-0.15, -0.1) is 11.3 Å². The van der Waals surface area contributed by atoms with Gasteiger partial charge in [0.05, 0.1) is 17.1 Å². The molecule has 1 amide bonds. The molecule has 2 bridgehead atoms. The van der Waals surface area contributed by atoms with Gasteiger partial charge in [-0.25, -0.2) is 9.78 Å². The van der Waals surface area contributed by atoms with Crippen LogP contribution in [0.25, 0.3) is 21.7 Å². The second-order valence-corrected chi connectivity index (χ2v) is 9.71. The number of fused-ring (bicyclic) bond motifs is 3. The summed E-state index contributed by atoms with van der Waals surface area (Å²) in [4.78, 5) is 24.4. The highest BCUT2D eigenvalue weighted by Gasteiger charge is 2.64. The van der Waals surface area contributed by atoms with Crippen LogP contribution >= 0.6 is 11.3 Å². The Morgan fingerprint density at radius 3 is 2.83 bits per heavy atom. The van der Waals surface area contributed by atoms with E-state index < -0.39 is 11.6 Å². The Balaban J connectivity index is 1.57. The third-order valence-electron chi connectivity index (χ3n) is 6.33. The zero-order chi connectivity index (χ0) is 20.6. The minimum absolute atomic E-state index is 0.0511. The van der Waals surface area contributed by atoms with Crippen molar-refractivity contribution in [1.82, 2.24) is 14.9 Å². The van der Waals surface area contributed by atoms with E-state index >= 15 is 0 Å². The Kier molecular flexibility index (Phi) is 3.68. The highest BCUT2D eigenvalue weighted by Crippen LogP contribution is 2.53. The molecule has 9 heteroatoms. The molecule has 0 radical (unpaired) electrons. The Morgan fingerprint density at radius 2 is 2.17 bits per heavy atom. The van der Waals surface area contributed by atoms with Gasteiger partial charge >= 0.3 is 6.09 Å². The number of hydrogen-bond acceptors (Lipinski definition) is 7. The van der Waals surface area contributed by atoms with E-state index in [1.165, 1.54) is 11.3 Å². The number of carbonyl (C=O) groups is 1. The molecular weight excluding hydrogens is 392 g/mol. The van der Waals surface area contributed by atoms with E-state index in [9.17, 15) is 15.0 Å². The average Bonchev–Trinajstić information content (AvgIpc) is 3.31. The highest BCUT2D eigenvalue weighted by atomic mass is 32.1. The molecule has 3 fully saturated rings. The molecule has 6 rings (SSSR count). The highest BCUT2D eigenvalue weighted by molar-refractivity contribution is 7.13. The summed E-state index contributed by atoms with van der Waals surface area (Å²) in [5.74, 6) is 0.0511. The van der Waals surface area contributed by atoms with Crippen molar-refractivity contribution < 1.29 is 19.4 Å². The van der Waals surface area contributed by atoms with Crippen molar-refractivity contribution in [2.75, 3.05) is 18.0 Å². The predicted octanol–water partition coefficient (Wildman–Crippen LogP) is 4.01. The number of aromatic hydroxyl groups is 1. The maximum absolute atomic E-state index is 11.9. The molecule has 8 nitrogen and oxygen atoms in total. The van der Waals surface area contributed by atoms with Crippen molar-refractivity contribution in [3.63, 3.8) is 0 Å². The van der Waals surface area contributed by atoms with Crippen LogP contribution in [0.2, 0.25) is 0 Å². The number of oxazole rings is 1. The summed E-state index contributed by atoms with van der Waals surface area (Å²) in [5.41, 5.74) is 0.941. The summed E-state index contributed by atoms with van der Waals surface area (Å²) in [6, 6.07) is 3.69. The molecule has 1 aromatic carbocycles. The van der Waals surface area contributed by atoms with E-state index in [0.717, 1.165) is 17.0 Å². The number of hydrogen-bond donors (Lipinski definition) is 2. The van der Waals surface area contributed by atoms with Crippen LogP contribution in [0.3, 0.4) is 0 Å². The molecule has 5 heterocycles. The first-order chi connectivity index (χ1) is 13.7. The molecule has 2 aromatic heterocycles. The molecule has 152 valence electrons. The van der Waals surface area contributed by atoms with Gasteiger partial charge in [0.2, 0.25) is 0 Å². The molecular formula is C20H22N4O4S. The molecule has 0 aliphatic carbocycles. The number of phenolic OH excluding ortho intramolecular Hbond substituents is 1. The number of thiazole rings is 1. The van der Waals surface area contributed by atoms with Crippen molar-refractivity contribution in [2.24, 2.45) is 5.41 Å². The van der Waals surface area contributed by atoms with E-state index in [4.69, 9.17) is 4.42 Å². The molecule has 3 aliphatic heterocycles. The number of carboxylic acid groups (broad SMARTS) is 1. The van der Waals surface area contributed by atoms with Crippen LogP contribution in [-0.4, -0.2) is 55.8 Å². The van der Waals surface area contributed by atoms with Gasteiger partial charge in [0, 0.05) is 24.7 Å². The smallest absolute Gasteiger partial charge is 0.408 e. The van der Waals surface area contributed by atoms with Crippen molar-refractivity contribution in [2.45, 2.75) is 38.8 Å². The Morgan fingerprint density at radius 1 is 1.38 bits per heavy atom. The molecule has 0 spiro atoms. The number of nitrogens with zero attached hydrogens (tertiary/aromatic N) is 4. The zero-order valence-electron chi connectivity index (χ0n) is 16.4. The number of piperidine rings is 1. The molecule has 29 heavy (non-hydrogen) atoms. The molecule has 0 saturated carbocycles. The maximum atomic E-state index is 11.9. The first-order valence-electron chi connectivity index (χ1n) is 9.51.